The number of likely N-dealkylation sites (N-methyl/N-ethyl adjacent to an activating group) is 1. The summed E-state index contributed by atoms with van der Waals surface area (Å²) >= 11 is 0. The van der Waals surface area contributed by atoms with Gasteiger partial charge in [-0.05, 0) is 32.9 Å². The second-order valence-electron chi connectivity index (χ2n) is 5.45. The van der Waals surface area contributed by atoms with Crippen LogP contribution in [0.25, 0.3) is 0 Å². The molecule has 0 spiro atoms. The molecular weight excluding hydrogens is 229 g/mol. The largest absolute Gasteiger partial charge is 0.393 e. The Morgan fingerprint density at radius 3 is 2.41 bits per heavy atom. The van der Waals surface area contributed by atoms with E-state index in [4.69, 9.17) is 0 Å². The molecule has 0 aromatic heterocycles. The third-order valence-electron chi connectivity index (χ3n) is 4.03. The molecule has 100 valence electrons. The van der Waals surface area contributed by atoms with Gasteiger partial charge >= 0.3 is 6.18 Å². The van der Waals surface area contributed by atoms with Gasteiger partial charge in [-0.25, -0.2) is 0 Å². The molecule has 0 aromatic carbocycles. The van der Waals surface area contributed by atoms with E-state index in [1.807, 2.05) is 7.05 Å². The van der Waals surface area contributed by atoms with Crippen LogP contribution in [0.2, 0.25) is 0 Å². The van der Waals surface area contributed by atoms with E-state index >= 15 is 0 Å². The number of likely N-dealkylation sites (tertiary alicyclic amines) is 1. The maximum Gasteiger partial charge on any atom is 0.393 e. The van der Waals surface area contributed by atoms with Gasteiger partial charge in [0.05, 0.1) is 5.92 Å². The SMILES string of the molecule is CN1CCC(NC2CCCCC2C(F)(F)F)C1. The molecule has 1 saturated carbocycles. The van der Waals surface area contributed by atoms with Crippen molar-refractivity contribution in [1.29, 1.82) is 0 Å². The van der Waals surface area contributed by atoms with Gasteiger partial charge in [-0.1, -0.05) is 12.8 Å². The van der Waals surface area contributed by atoms with E-state index in [0.29, 0.717) is 19.3 Å². The van der Waals surface area contributed by atoms with E-state index in [1.165, 1.54) is 0 Å². The average molecular weight is 250 g/mol. The molecule has 2 fully saturated rings. The maximum atomic E-state index is 12.9. The van der Waals surface area contributed by atoms with Gasteiger partial charge in [-0.3, -0.25) is 0 Å². The smallest absolute Gasteiger partial charge is 0.309 e. The lowest BCUT2D eigenvalue weighted by atomic mass is 9.83. The summed E-state index contributed by atoms with van der Waals surface area (Å²) in [5.41, 5.74) is 0. The van der Waals surface area contributed by atoms with Gasteiger partial charge < -0.3 is 10.2 Å². The van der Waals surface area contributed by atoms with E-state index in [2.05, 4.69) is 10.2 Å². The quantitative estimate of drug-likeness (QED) is 0.809. The summed E-state index contributed by atoms with van der Waals surface area (Å²) in [4.78, 5) is 2.17. The molecule has 5 heteroatoms. The topological polar surface area (TPSA) is 15.3 Å². The Hall–Kier alpha value is -0.290. The lowest BCUT2D eigenvalue weighted by molar-refractivity contribution is -0.189. The first-order chi connectivity index (χ1) is 7.97. The first-order valence-corrected chi connectivity index (χ1v) is 6.48. The number of hydrogen-bond donors (Lipinski definition) is 1. The standard InChI is InChI=1S/C12H21F3N2/c1-17-7-6-9(8-17)16-11-5-3-2-4-10(11)12(13,14)15/h9-11,16H,2-8H2,1H3. The minimum Gasteiger partial charge on any atom is -0.309 e. The summed E-state index contributed by atoms with van der Waals surface area (Å²) in [5.74, 6) is -1.14. The Morgan fingerprint density at radius 2 is 1.82 bits per heavy atom. The van der Waals surface area contributed by atoms with Crippen molar-refractivity contribution in [2.45, 2.75) is 50.4 Å². The molecule has 0 amide bonds. The van der Waals surface area contributed by atoms with Crippen molar-refractivity contribution in [2.75, 3.05) is 20.1 Å². The third-order valence-corrected chi connectivity index (χ3v) is 4.03. The molecule has 0 radical (unpaired) electrons. The number of nitrogens with zero attached hydrogens (tertiary/aromatic N) is 1. The minimum absolute atomic E-state index is 0.243. The minimum atomic E-state index is -4.04. The maximum absolute atomic E-state index is 12.9. The van der Waals surface area contributed by atoms with E-state index in [-0.39, 0.29) is 12.1 Å². The van der Waals surface area contributed by atoms with Crippen LogP contribution in [-0.2, 0) is 0 Å². The van der Waals surface area contributed by atoms with Gasteiger partial charge in [0.15, 0.2) is 0 Å². The zero-order valence-electron chi connectivity index (χ0n) is 10.3. The molecule has 1 saturated heterocycles. The van der Waals surface area contributed by atoms with Crippen molar-refractivity contribution in [3.8, 4) is 0 Å². The van der Waals surface area contributed by atoms with Crippen LogP contribution in [0.15, 0.2) is 0 Å². The van der Waals surface area contributed by atoms with Crippen molar-refractivity contribution in [3.05, 3.63) is 0 Å². The Balaban J connectivity index is 1.92. The zero-order valence-corrected chi connectivity index (χ0v) is 10.3. The first kappa shape index (κ1) is 13.1. The summed E-state index contributed by atoms with van der Waals surface area (Å²) < 4.78 is 38.7. The zero-order chi connectivity index (χ0) is 12.5. The summed E-state index contributed by atoms with van der Waals surface area (Å²) in [5, 5.41) is 3.24. The van der Waals surface area contributed by atoms with E-state index in [1.54, 1.807) is 0 Å². The molecule has 1 heterocycles. The monoisotopic (exact) mass is 250 g/mol. The fraction of sp³-hybridized carbons (Fsp3) is 1.00. The second kappa shape index (κ2) is 5.14. The molecule has 1 N–H and O–H groups in total. The number of alkyl halides is 3. The molecule has 0 bridgehead atoms. The molecule has 2 aliphatic rings. The molecule has 3 atom stereocenters. The van der Waals surface area contributed by atoms with Gasteiger partial charge in [0.25, 0.3) is 0 Å². The summed E-state index contributed by atoms with van der Waals surface area (Å²) in [6.45, 7) is 1.86. The second-order valence-corrected chi connectivity index (χ2v) is 5.45. The van der Waals surface area contributed by atoms with Crippen molar-refractivity contribution in [2.24, 2.45) is 5.92 Å². The Bertz CT molecular complexity index is 255. The highest BCUT2D eigenvalue weighted by Gasteiger charge is 2.46. The van der Waals surface area contributed by atoms with Gasteiger partial charge in [0, 0.05) is 18.6 Å². The van der Waals surface area contributed by atoms with Crippen molar-refractivity contribution >= 4 is 0 Å². The lowest BCUT2D eigenvalue weighted by Crippen LogP contribution is -2.49. The number of halogens is 3. The Kier molecular flexibility index (Phi) is 3.98. The van der Waals surface area contributed by atoms with Crippen LogP contribution in [-0.4, -0.2) is 43.3 Å². The van der Waals surface area contributed by atoms with Crippen molar-refractivity contribution in [1.82, 2.24) is 10.2 Å². The normalized spacial score (nSPS) is 36.4. The van der Waals surface area contributed by atoms with E-state index in [0.717, 1.165) is 25.9 Å². The molecular formula is C12H21F3N2. The van der Waals surface area contributed by atoms with Gasteiger partial charge in [0.1, 0.15) is 0 Å². The molecule has 1 aliphatic heterocycles. The highest BCUT2D eigenvalue weighted by molar-refractivity contribution is 4.90. The van der Waals surface area contributed by atoms with Crippen LogP contribution in [0.5, 0.6) is 0 Å². The predicted molar refractivity (Wildman–Crippen MR) is 60.8 cm³/mol. The third kappa shape index (κ3) is 3.35. The lowest BCUT2D eigenvalue weighted by Gasteiger charge is -2.35. The van der Waals surface area contributed by atoms with Crippen LogP contribution >= 0.6 is 0 Å². The summed E-state index contributed by atoms with van der Waals surface area (Å²) in [6.07, 6.45) is -0.464. The van der Waals surface area contributed by atoms with Gasteiger partial charge in [-0.2, -0.15) is 13.2 Å². The summed E-state index contributed by atoms with van der Waals surface area (Å²) in [6, 6.07) is -0.117. The average Bonchev–Trinajstić information content (AvgIpc) is 2.63. The Labute approximate surface area is 101 Å². The van der Waals surface area contributed by atoms with Crippen LogP contribution in [0, 0.1) is 5.92 Å². The van der Waals surface area contributed by atoms with E-state index in [9.17, 15) is 13.2 Å². The van der Waals surface area contributed by atoms with Crippen molar-refractivity contribution in [3.63, 3.8) is 0 Å². The number of rotatable bonds is 2. The molecule has 17 heavy (non-hydrogen) atoms. The molecule has 1 aliphatic carbocycles. The summed E-state index contributed by atoms with van der Waals surface area (Å²) in [7, 11) is 2.02. The first-order valence-electron chi connectivity index (χ1n) is 6.48. The fourth-order valence-corrected chi connectivity index (χ4v) is 3.10. The number of nitrogens with one attached hydrogen (secondary N) is 1. The van der Waals surface area contributed by atoms with Crippen molar-refractivity contribution < 1.29 is 13.2 Å². The molecule has 2 nitrogen and oxygen atoms in total. The number of hydrogen-bond acceptors (Lipinski definition) is 2. The molecule has 3 unspecified atom stereocenters. The molecule has 2 rings (SSSR count). The van der Waals surface area contributed by atoms with Gasteiger partial charge in [-0.15, -0.1) is 0 Å². The highest BCUT2D eigenvalue weighted by Crippen LogP contribution is 2.38. The highest BCUT2D eigenvalue weighted by atomic mass is 19.4. The van der Waals surface area contributed by atoms with Crippen LogP contribution in [0.4, 0.5) is 13.2 Å². The molecule has 0 aromatic rings. The van der Waals surface area contributed by atoms with Crippen LogP contribution in [0.3, 0.4) is 0 Å². The van der Waals surface area contributed by atoms with Crippen LogP contribution in [0.1, 0.15) is 32.1 Å². The van der Waals surface area contributed by atoms with Gasteiger partial charge in [0.2, 0.25) is 0 Å². The fourth-order valence-electron chi connectivity index (χ4n) is 3.10. The van der Waals surface area contributed by atoms with E-state index < -0.39 is 12.1 Å². The van der Waals surface area contributed by atoms with Crippen LogP contribution < -0.4 is 5.32 Å². The predicted octanol–water partition coefficient (Wildman–Crippen LogP) is 2.40. The Morgan fingerprint density at radius 1 is 1.12 bits per heavy atom.